The number of methoxy groups -OCH3 is 1. The van der Waals surface area contributed by atoms with Crippen LogP contribution in [0, 0.1) is 5.92 Å². The predicted octanol–water partition coefficient (Wildman–Crippen LogP) is -18.0. The van der Waals surface area contributed by atoms with Gasteiger partial charge in [0.05, 0.1) is 45.4 Å². The molecule has 26 nitrogen and oxygen atoms in total. The van der Waals surface area contributed by atoms with Gasteiger partial charge >= 0.3 is 132 Å². The molecule has 0 saturated carbocycles. The van der Waals surface area contributed by atoms with Gasteiger partial charge in [0.15, 0.2) is 23.6 Å². The second kappa shape index (κ2) is 24.0. The third kappa shape index (κ3) is 14.2. The maximum Gasteiger partial charge on any atom is 1.00 e. The van der Waals surface area contributed by atoms with Crippen LogP contribution >= 0.6 is 15.6 Å². The molecule has 2 aliphatic heterocycles. The number of ether oxygens (including phenoxy) is 3. The van der Waals surface area contributed by atoms with E-state index in [9.17, 15) is 53.4 Å². The topological polar surface area (TPSA) is 399 Å². The van der Waals surface area contributed by atoms with Crippen molar-refractivity contribution in [3.8, 4) is 0 Å². The Morgan fingerprint density at radius 1 is 1.03 bits per heavy atom. The number of phosphoric ester groups is 1. The third-order valence-electron chi connectivity index (χ3n) is 8.21. The summed E-state index contributed by atoms with van der Waals surface area (Å²) in [4.78, 5) is 84.0. The molecule has 0 amide bonds. The van der Waals surface area contributed by atoms with E-state index in [2.05, 4.69) is 29.5 Å². The van der Waals surface area contributed by atoms with Crippen LogP contribution in [0.15, 0.2) is 28.2 Å². The average Bonchev–Trinajstić information content (AvgIpc) is 3.76. The second-order valence-electron chi connectivity index (χ2n) is 11.9. The number of aromatic nitrogens is 6. The Balaban J connectivity index is 0.00000420. The first-order valence-electron chi connectivity index (χ1n) is 15.7. The van der Waals surface area contributed by atoms with Gasteiger partial charge in [-0.3, -0.25) is 28.0 Å². The number of nitrogens with one attached hydrogen (secondary N) is 2. The van der Waals surface area contributed by atoms with Gasteiger partial charge in [0.25, 0.3) is 5.56 Å². The third-order valence-corrected chi connectivity index (χ3v) is 10.3. The minimum Gasteiger partial charge on any atom is -0.790 e. The van der Waals surface area contributed by atoms with Crippen molar-refractivity contribution in [2.75, 3.05) is 38.3 Å². The Morgan fingerprint density at radius 3 is 2.31 bits per heavy atom. The molecule has 0 radical (unpaired) electrons. The molecule has 0 unspecified atom stereocenters. The molecule has 58 heavy (non-hydrogen) atoms. The number of nitrogen functional groups attached to an aromatic ring is 2. The van der Waals surface area contributed by atoms with Crippen molar-refractivity contribution < 1.29 is 190 Å². The molecule has 5 heterocycles. The summed E-state index contributed by atoms with van der Waals surface area (Å²) in [6.45, 7) is -2.06. The second-order valence-corrected chi connectivity index (χ2v) is 14.8. The Morgan fingerprint density at radius 2 is 1.71 bits per heavy atom. The van der Waals surface area contributed by atoms with E-state index in [0.717, 1.165) is 18.0 Å². The molecule has 32 heteroatoms. The van der Waals surface area contributed by atoms with Gasteiger partial charge < -0.3 is 69.5 Å². The molecule has 3 aromatic heterocycles. The first kappa shape index (κ1) is 55.8. The normalized spacial score (nSPS) is 23.9. The number of aliphatic carboxylic acids is 2. The smallest absolute Gasteiger partial charge is 0.790 e. The summed E-state index contributed by atoms with van der Waals surface area (Å²) in [6, 6.07) is 1.29. The minimum atomic E-state index is -5.64. The summed E-state index contributed by atoms with van der Waals surface area (Å²) >= 11 is 0. The van der Waals surface area contributed by atoms with Crippen molar-refractivity contribution in [2.45, 2.75) is 62.2 Å². The molecule has 2 aliphatic rings. The van der Waals surface area contributed by atoms with E-state index in [-0.39, 0.29) is 154 Å². The van der Waals surface area contributed by atoms with Crippen LogP contribution in [0.1, 0.15) is 31.7 Å². The van der Waals surface area contributed by atoms with Gasteiger partial charge in [-0.1, -0.05) is 0 Å². The standard InChI is InChI=1S/C26H37N9O17P2.4Na/c1-47-18-17(14(9-49-54(44,45)46)51-22(18)35-10-29-16-19(35)32-25(28)33-20(16)37)52-53(43,30-5-2-3-12(23(38)39)24(40)41)48-8-11-7-13(36)21(50-11)34-6-4-15(27)31-26(34)42;;;;/h4,6,10-14,17-18,21-22,36H,2-3,5,7-9H2,1H3,(H,30,43)(H,38,39)(H,40,41)(H2,27,31,42)(H2,44,45,46)(H3,28,32,33,37);;;;/q;4*+1/p-4/t11-,13+,14+,17+,18+,21+,22+,53+;;;;/m0..../s1. The molecule has 0 bridgehead atoms. The van der Waals surface area contributed by atoms with Gasteiger partial charge in [-0.05, 0) is 18.9 Å². The number of carboxylic acids is 2. The fraction of sp³-hybridized carbons (Fsp3) is 0.577. The first-order valence-corrected chi connectivity index (χ1v) is 18.7. The number of phosphoric acid groups is 1. The zero-order valence-electron chi connectivity index (χ0n) is 31.9. The van der Waals surface area contributed by atoms with Gasteiger partial charge in [0.2, 0.25) is 5.95 Å². The predicted molar refractivity (Wildman–Crippen MR) is 167 cm³/mol. The van der Waals surface area contributed by atoms with E-state index in [1.165, 1.54) is 16.8 Å². The van der Waals surface area contributed by atoms with Crippen LogP contribution in [0.3, 0.4) is 0 Å². The van der Waals surface area contributed by atoms with Gasteiger partial charge in [-0.2, -0.15) is 9.97 Å². The van der Waals surface area contributed by atoms with Crippen LogP contribution in [0.4, 0.5) is 11.8 Å². The van der Waals surface area contributed by atoms with Crippen LogP contribution in [0.5, 0.6) is 0 Å². The number of hydrogen-bond acceptors (Lipinski definition) is 22. The summed E-state index contributed by atoms with van der Waals surface area (Å²) in [7, 11) is -9.25. The number of nitrogens with two attached hydrogens (primary N) is 2. The minimum absolute atomic E-state index is 0. The zero-order chi connectivity index (χ0) is 39.5. The van der Waals surface area contributed by atoms with Gasteiger partial charge in [-0.25, -0.2) is 19.4 Å². The molecular weight excluding hydrogens is 864 g/mol. The van der Waals surface area contributed by atoms with Gasteiger partial charge in [0.1, 0.15) is 30.2 Å². The maximum absolute atomic E-state index is 14.4. The molecule has 3 aromatic rings. The zero-order valence-corrected chi connectivity index (χ0v) is 41.6. The molecule has 298 valence electrons. The number of imidazole rings is 1. The number of H-pyrrole nitrogens is 1. The number of nitrogens with zero attached hydrogens (tertiary/aromatic N) is 5. The van der Waals surface area contributed by atoms with Crippen molar-refractivity contribution in [1.29, 1.82) is 0 Å². The molecule has 0 spiro atoms. The molecule has 0 aromatic carbocycles. The van der Waals surface area contributed by atoms with Crippen LogP contribution in [0.2, 0.25) is 0 Å². The number of aromatic amines is 1. The first-order chi connectivity index (χ1) is 25.4. The molecule has 2 fully saturated rings. The Kier molecular flexibility index (Phi) is 23.2. The van der Waals surface area contributed by atoms with Crippen molar-refractivity contribution >= 4 is 50.4 Å². The molecule has 7 N–H and O–H groups in total. The van der Waals surface area contributed by atoms with Crippen molar-refractivity contribution in [1.82, 2.24) is 34.2 Å². The number of carbonyl (C=O) groups excluding carboxylic acids is 2. The van der Waals surface area contributed by atoms with E-state index in [4.69, 9.17) is 34.7 Å². The monoisotopic (exact) mass is 897 g/mol. The summed E-state index contributed by atoms with van der Waals surface area (Å²) < 4.78 is 61.3. The number of aliphatic hydroxyl groups excluding tert-OH is 1. The van der Waals surface area contributed by atoms with E-state index in [0.29, 0.717) is 0 Å². The summed E-state index contributed by atoms with van der Waals surface area (Å²) in [5, 5.41) is 35.5. The number of rotatable bonds is 18. The van der Waals surface area contributed by atoms with Crippen molar-refractivity contribution in [3.05, 3.63) is 39.4 Å². The number of carbonyl (C=O) groups is 2. The van der Waals surface area contributed by atoms with Crippen molar-refractivity contribution in [2.24, 2.45) is 5.92 Å². The largest absolute Gasteiger partial charge is 1.00 e. The van der Waals surface area contributed by atoms with Gasteiger partial charge in [-0.15, -0.1) is 0 Å². The number of fused-ring (bicyclic) bond motifs is 1. The fourth-order valence-corrected chi connectivity index (χ4v) is 7.68. The van der Waals surface area contributed by atoms with Crippen LogP contribution < -0.4 is 166 Å². The number of carboxylic acid groups (broad SMARTS) is 2. The van der Waals surface area contributed by atoms with Crippen molar-refractivity contribution in [3.63, 3.8) is 0 Å². The summed E-state index contributed by atoms with van der Waals surface area (Å²) in [5.74, 6) is -6.27. The average molecular weight is 898 g/mol. The van der Waals surface area contributed by atoms with Crippen LogP contribution in [-0.4, -0.2) is 104 Å². The summed E-state index contributed by atoms with van der Waals surface area (Å²) in [6.07, 6.45) is -8.30. The fourth-order valence-electron chi connectivity index (χ4n) is 5.75. The number of hydrogen-bond donors (Lipinski definition) is 5. The summed E-state index contributed by atoms with van der Waals surface area (Å²) in [5.41, 5.74) is 9.34. The molecular formula is C26H33N9Na4O17P2. The molecule has 0 aliphatic carbocycles. The van der Waals surface area contributed by atoms with Gasteiger partial charge in [0, 0.05) is 32.2 Å². The number of anilines is 2. The van der Waals surface area contributed by atoms with E-state index in [1.54, 1.807) is 0 Å². The molecule has 5 rings (SSSR count). The van der Waals surface area contributed by atoms with E-state index < -0.39 is 114 Å². The number of aliphatic hydroxyl groups is 1. The Hall–Kier alpha value is -0.170. The molecule has 2 saturated heterocycles. The maximum atomic E-state index is 14.4. The van der Waals surface area contributed by atoms with Crippen LogP contribution in [-0.2, 0) is 46.5 Å². The molecule has 8 atom stereocenters. The van der Waals surface area contributed by atoms with Crippen LogP contribution in [0.25, 0.3) is 11.2 Å². The Labute approximate surface area is 415 Å². The Bertz CT molecular complexity index is 2060. The quantitative estimate of drug-likeness (QED) is 0.0342. The van der Waals surface area contributed by atoms with E-state index >= 15 is 0 Å². The SMILES string of the molecule is CO[C@@H]1[C@H](O[P@@](=O)(NCCCC(C(=O)[O-])C(=O)[O-])OC[C@@H]2C[C@@H](O)[C@H](n3ccc(N)nc3=O)O2)[C@@H](COP(=O)([O-])[O-])O[C@H]1n1cnc2c(=O)[nH]c(N)nc21.[Na+].[Na+].[Na+].[Na+]. The van der Waals surface area contributed by atoms with E-state index in [1.807, 2.05) is 0 Å².